The molecule has 0 radical (unpaired) electrons. The molecule has 142 valence electrons. The Kier molecular flexibility index (Phi) is 5.31. The molecule has 0 aliphatic carbocycles. The van der Waals surface area contributed by atoms with Crippen molar-refractivity contribution in [3.05, 3.63) is 48.4 Å². The average Bonchev–Trinajstić information content (AvgIpc) is 2.54. The van der Waals surface area contributed by atoms with Gasteiger partial charge in [0.25, 0.3) is 0 Å². The van der Waals surface area contributed by atoms with Gasteiger partial charge in [-0.2, -0.15) is 0 Å². The van der Waals surface area contributed by atoms with Gasteiger partial charge in [-0.3, -0.25) is 4.98 Å². The molecule has 2 rings (SSSR count). The topological polar surface area (TPSA) is 94.1 Å². The van der Waals surface area contributed by atoms with Crippen molar-refractivity contribution < 1.29 is 16.8 Å². The molecule has 0 N–H and O–H groups in total. The van der Waals surface area contributed by atoms with Gasteiger partial charge in [-0.05, 0) is 58.9 Å². The fourth-order valence-electron chi connectivity index (χ4n) is 2.38. The molecule has 2 aromatic heterocycles. The van der Waals surface area contributed by atoms with Gasteiger partial charge in [0, 0.05) is 24.5 Å². The molecule has 0 spiro atoms. The second-order valence-electron chi connectivity index (χ2n) is 7.71. The van der Waals surface area contributed by atoms with Crippen molar-refractivity contribution in [3.8, 4) is 0 Å². The zero-order chi connectivity index (χ0) is 19.8. The van der Waals surface area contributed by atoms with Crippen LogP contribution >= 0.6 is 0 Å². The maximum atomic E-state index is 12.9. The monoisotopic (exact) mass is 396 g/mol. The maximum Gasteiger partial charge on any atom is 0.200 e. The Labute approximate surface area is 155 Å². The third-order valence-corrected chi connectivity index (χ3v) is 8.99. The molecule has 0 bridgehead atoms. The van der Waals surface area contributed by atoms with Gasteiger partial charge < -0.3 is 0 Å². The van der Waals surface area contributed by atoms with Gasteiger partial charge in [-0.15, -0.1) is 0 Å². The Balaban J connectivity index is 2.41. The van der Waals surface area contributed by atoms with Gasteiger partial charge in [-0.25, -0.2) is 21.8 Å². The van der Waals surface area contributed by atoms with Crippen LogP contribution in [-0.2, 0) is 26.1 Å². The lowest BCUT2D eigenvalue weighted by molar-refractivity contribution is 0.538. The molecule has 0 atom stereocenters. The summed E-state index contributed by atoms with van der Waals surface area (Å²) in [6.45, 7) is 8.01. The fourth-order valence-corrected chi connectivity index (χ4v) is 4.93. The van der Waals surface area contributed by atoms with Crippen LogP contribution in [0.3, 0.4) is 0 Å². The van der Waals surface area contributed by atoms with E-state index in [-0.39, 0.29) is 16.3 Å². The number of nitrogens with zero attached hydrogens (tertiary/aromatic N) is 2. The molecule has 6 nitrogen and oxygen atoms in total. The quantitative estimate of drug-likeness (QED) is 0.771. The van der Waals surface area contributed by atoms with Crippen LogP contribution < -0.4 is 0 Å². The van der Waals surface area contributed by atoms with E-state index in [1.165, 1.54) is 24.5 Å². The number of hydrogen-bond donors (Lipinski definition) is 0. The first-order valence-electron chi connectivity index (χ1n) is 8.14. The van der Waals surface area contributed by atoms with Gasteiger partial charge in [0.15, 0.2) is 24.7 Å². The second-order valence-corrected chi connectivity index (χ2v) is 12.9. The predicted molar refractivity (Wildman–Crippen MR) is 100 cm³/mol. The third kappa shape index (κ3) is 3.81. The van der Waals surface area contributed by atoms with Crippen molar-refractivity contribution in [1.29, 1.82) is 0 Å². The molecule has 0 aromatic carbocycles. The van der Waals surface area contributed by atoms with Gasteiger partial charge in [0.2, 0.25) is 0 Å². The van der Waals surface area contributed by atoms with E-state index in [4.69, 9.17) is 0 Å². The zero-order valence-electron chi connectivity index (χ0n) is 15.6. The Hall–Kier alpha value is -1.80. The number of pyridine rings is 2. The minimum absolute atomic E-state index is 0.0444. The van der Waals surface area contributed by atoms with Crippen LogP contribution in [0.15, 0.2) is 52.6 Å². The Morgan fingerprint density at radius 2 is 1.54 bits per heavy atom. The maximum absolute atomic E-state index is 12.9. The lowest BCUT2D eigenvalue weighted by Crippen LogP contribution is -2.35. The molecule has 0 unspecified atom stereocenters. The van der Waals surface area contributed by atoms with Crippen LogP contribution in [0.2, 0.25) is 0 Å². The lowest BCUT2D eigenvalue weighted by Gasteiger charge is -2.25. The molecular formula is C18H24N2O4S2. The van der Waals surface area contributed by atoms with Crippen molar-refractivity contribution in [2.75, 3.05) is 0 Å². The van der Waals surface area contributed by atoms with Crippen molar-refractivity contribution in [2.24, 2.45) is 0 Å². The van der Waals surface area contributed by atoms with Gasteiger partial charge in [-0.1, -0.05) is 6.07 Å². The first kappa shape index (κ1) is 20.5. The Morgan fingerprint density at radius 3 is 2.08 bits per heavy atom. The molecule has 0 saturated carbocycles. The highest BCUT2D eigenvalue weighted by Gasteiger charge is 2.37. The van der Waals surface area contributed by atoms with E-state index in [1.807, 2.05) is 0 Å². The van der Waals surface area contributed by atoms with E-state index in [0.29, 0.717) is 5.69 Å². The smallest absolute Gasteiger partial charge is 0.200 e. The molecule has 0 aliphatic heterocycles. The van der Waals surface area contributed by atoms with Gasteiger partial charge in [0.05, 0.1) is 14.4 Å². The summed E-state index contributed by atoms with van der Waals surface area (Å²) < 4.78 is 48.9. The highest BCUT2D eigenvalue weighted by molar-refractivity contribution is 7.93. The number of aromatic nitrogens is 2. The largest absolute Gasteiger partial charge is 0.263 e. The summed E-state index contributed by atoms with van der Waals surface area (Å²) in [6, 6.07) is 7.73. The Bertz CT molecular complexity index is 991. The molecular weight excluding hydrogens is 372 g/mol. The summed E-state index contributed by atoms with van der Waals surface area (Å²) in [4.78, 5) is 8.23. The van der Waals surface area contributed by atoms with E-state index in [2.05, 4.69) is 9.97 Å². The molecule has 2 heterocycles. The molecule has 0 aliphatic rings. The van der Waals surface area contributed by atoms with E-state index in [9.17, 15) is 16.8 Å². The fraction of sp³-hybridized carbons (Fsp3) is 0.444. The number of hydrogen-bond acceptors (Lipinski definition) is 6. The van der Waals surface area contributed by atoms with Crippen LogP contribution in [0.4, 0.5) is 0 Å². The third-order valence-electron chi connectivity index (χ3n) is 4.14. The zero-order valence-corrected chi connectivity index (χ0v) is 17.2. The summed E-state index contributed by atoms with van der Waals surface area (Å²) in [5.41, 5.74) is 0.410. The molecule has 0 fully saturated rings. The summed E-state index contributed by atoms with van der Waals surface area (Å²) in [6.07, 6.45) is 2.90. The minimum atomic E-state index is -3.67. The van der Waals surface area contributed by atoms with Crippen LogP contribution in [0, 0.1) is 0 Å². The highest BCUT2D eigenvalue weighted by Crippen LogP contribution is 2.29. The SMILES string of the molecule is CC(C)(C)S(=O)(=O)c1cccc(CC(C)(C)S(=O)(=O)c2cccnc2)n1. The lowest BCUT2D eigenvalue weighted by atomic mass is 10.1. The summed E-state index contributed by atoms with van der Waals surface area (Å²) in [5, 5.41) is -0.0444. The first-order valence-corrected chi connectivity index (χ1v) is 11.1. The van der Waals surface area contributed by atoms with Crippen molar-refractivity contribution >= 4 is 19.7 Å². The number of sulfone groups is 2. The Morgan fingerprint density at radius 1 is 0.885 bits per heavy atom. The van der Waals surface area contributed by atoms with Crippen LogP contribution in [0.5, 0.6) is 0 Å². The summed E-state index contributed by atoms with van der Waals surface area (Å²) in [7, 11) is -7.28. The second kappa shape index (κ2) is 6.74. The van der Waals surface area contributed by atoms with Crippen LogP contribution in [0.1, 0.15) is 40.3 Å². The highest BCUT2D eigenvalue weighted by atomic mass is 32.2. The summed E-state index contributed by atoms with van der Waals surface area (Å²) >= 11 is 0. The average molecular weight is 397 g/mol. The van der Waals surface area contributed by atoms with Crippen molar-refractivity contribution in [2.45, 2.75) is 60.5 Å². The summed E-state index contributed by atoms with van der Waals surface area (Å²) in [5.74, 6) is 0. The van der Waals surface area contributed by atoms with E-state index in [0.717, 1.165) is 0 Å². The van der Waals surface area contributed by atoms with E-state index < -0.39 is 29.2 Å². The van der Waals surface area contributed by atoms with Gasteiger partial charge in [0.1, 0.15) is 0 Å². The van der Waals surface area contributed by atoms with Crippen molar-refractivity contribution in [3.63, 3.8) is 0 Å². The molecule has 8 heteroatoms. The molecule has 2 aromatic rings. The first-order chi connectivity index (χ1) is 11.8. The standard InChI is InChI=1S/C18H24N2O4S2/c1-17(2,3)26(23,24)16-10-6-8-14(20-16)12-18(4,5)25(21,22)15-9-7-11-19-13-15/h6-11,13H,12H2,1-5H3. The molecule has 26 heavy (non-hydrogen) atoms. The van der Waals surface area contributed by atoms with E-state index in [1.54, 1.807) is 52.8 Å². The van der Waals surface area contributed by atoms with E-state index >= 15 is 0 Å². The minimum Gasteiger partial charge on any atom is -0.263 e. The number of rotatable bonds is 5. The van der Waals surface area contributed by atoms with Gasteiger partial charge >= 0.3 is 0 Å². The predicted octanol–water partition coefficient (Wildman–Crippen LogP) is 2.84. The van der Waals surface area contributed by atoms with Crippen molar-refractivity contribution in [1.82, 2.24) is 9.97 Å². The molecule has 0 amide bonds. The molecule has 0 saturated heterocycles. The van der Waals surface area contributed by atoms with Crippen LogP contribution in [-0.4, -0.2) is 36.3 Å². The van der Waals surface area contributed by atoms with Crippen LogP contribution in [0.25, 0.3) is 0 Å². The normalized spacial score (nSPS) is 13.6.